The third-order valence-electron chi connectivity index (χ3n) is 3.84. The molecule has 0 radical (unpaired) electrons. The first-order valence-corrected chi connectivity index (χ1v) is 7.03. The lowest BCUT2D eigenvalue weighted by atomic mass is 9.89. The van der Waals surface area contributed by atoms with E-state index in [1.165, 1.54) is 6.07 Å². The maximum atomic E-state index is 13.8. The molecule has 0 aromatic heterocycles. The molecule has 19 heavy (non-hydrogen) atoms. The van der Waals surface area contributed by atoms with Gasteiger partial charge in [-0.2, -0.15) is 0 Å². The highest BCUT2D eigenvalue weighted by molar-refractivity contribution is 5.48. The fourth-order valence-corrected chi connectivity index (χ4v) is 2.87. The predicted molar refractivity (Wildman–Crippen MR) is 75.6 cm³/mol. The fourth-order valence-electron chi connectivity index (χ4n) is 2.87. The average Bonchev–Trinajstić information content (AvgIpc) is 2.38. The molecule has 1 aliphatic heterocycles. The lowest BCUT2D eigenvalue weighted by Gasteiger charge is -2.38. The summed E-state index contributed by atoms with van der Waals surface area (Å²) < 4.78 is 13.8. The van der Waals surface area contributed by atoms with Crippen LogP contribution >= 0.6 is 0 Å². The van der Waals surface area contributed by atoms with Gasteiger partial charge in [-0.1, -0.05) is 19.1 Å². The summed E-state index contributed by atoms with van der Waals surface area (Å²) in [7, 11) is 0. The lowest BCUT2D eigenvalue weighted by molar-refractivity contribution is 0.131. The maximum Gasteiger partial charge on any atom is 0.146 e. The van der Waals surface area contributed by atoms with Gasteiger partial charge in [-0.05, 0) is 37.3 Å². The molecule has 2 rings (SSSR count). The van der Waals surface area contributed by atoms with Crippen molar-refractivity contribution >= 4 is 5.69 Å². The van der Waals surface area contributed by atoms with Crippen LogP contribution in [0.25, 0.3) is 0 Å². The molecule has 0 amide bonds. The van der Waals surface area contributed by atoms with E-state index in [4.69, 9.17) is 5.73 Å². The van der Waals surface area contributed by atoms with Gasteiger partial charge in [0.05, 0.1) is 11.8 Å². The number of piperidine rings is 1. The Morgan fingerprint density at radius 3 is 2.84 bits per heavy atom. The molecule has 3 atom stereocenters. The first-order valence-electron chi connectivity index (χ1n) is 7.03. The molecule has 0 spiro atoms. The van der Waals surface area contributed by atoms with E-state index in [0.29, 0.717) is 18.2 Å². The van der Waals surface area contributed by atoms with Crippen molar-refractivity contribution in [1.82, 2.24) is 0 Å². The molecule has 1 aromatic carbocycles. The summed E-state index contributed by atoms with van der Waals surface area (Å²) in [4.78, 5) is 2.01. The van der Waals surface area contributed by atoms with Crippen LogP contribution in [0.3, 0.4) is 0 Å². The number of nitrogens with zero attached hydrogens (tertiary/aromatic N) is 1. The van der Waals surface area contributed by atoms with Crippen LogP contribution in [0.15, 0.2) is 24.3 Å². The second kappa shape index (κ2) is 6.35. The second-order valence-corrected chi connectivity index (χ2v) is 5.52. The molecule has 1 aliphatic rings. The van der Waals surface area contributed by atoms with Crippen LogP contribution in [-0.2, 0) is 0 Å². The van der Waals surface area contributed by atoms with Crippen molar-refractivity contribution in [3.8, 4) is 0 Å². The standard InChI is InChI=1S/C15H23FN2O/c1-2-13(19)8-11-7-12(17)10-18(9-11)15-6-4-3-5-14(15)16/h3-6,11-13,19H,2,7-10,17H2,1H3. The summed E-state index contributed by atoms with van der Waals surface area (Å²) in [5.74, 6) is 0.129. The highest BCUT2D eigenvalue weighted by Crippen LogP contribution is 2.27. The Labute approximate surface area is 114 Å². The lowest BCUT2D eigenvalue weighted by Crippen LogP contribution is -2.48. The largest absolute Gasteiger partial charge is 0.393 e. The first-order chi connectivity index (χ1) is 9.10. The van der Waals surface area contributed by atoms with E-state index < -0.39 is 0 Å². The Morgan fingerprint density at radius 2 is 2.16 bits per heavy atom. The number of aliphatic hydroxyl groups excluding tert-OH is 1. The van der Waals surface area contributed by atoms with Crippen LogP contribution in [0.5, 0.6) is 0 Å². The van der Waals surface area contributed by atoms with E-state index in [1.54, 1.807) is 12.1 Å². The zero-order valence-corrected chi connectivity index (χ0v) is 11.4. The van der Waals surface area contributed by atoms with Crippen molar-refractivity contribution in [3.05, 3.63) is 30.1 Å². The molecule has 4 heteroatoms. The quantitative estimate of drug-likeness (QED) is 0.878. The molecule has 0 aliphatic carbocycles. The van der Waals surface area contributed by atoms with Gasteiger partial charge in [0.25, 0.3) is 0 Å². The molecule has 3 nitrogen and oxygen atoms in total. The molecule has 0 bridgehead atoms. The van der Waals surface area contributed by atoms with Crippen LogP contribution in [0, 0.1) is 11.7 Å². The molecule has 1 saturated heterocycles. The maximum absolute atomic E-state index is 13.8. The molecule has 0 saturated carbocycles. The van der Waals surface area contributed by atoms with Crippen molar-refractivity contribution in [2.24, 2.45) is 11.7 Å². The van der Waals surface area contributed by atoms with Gasteiger partial charge in [0.2, 0.25) is 0 Å². The Bertz CT molecular complexity index is 413. The topological polar surface area (TPSA) is 49.5 Å². The van der Waals surface area contributed by atoms with Gasteiger partial charge in [-0.15, -0.1) is 0 Å². The number of rotatable bonds is 4. The molecule has 106 valence electrons. The van der Waals surface area contributed by atoms with Crippen molar-refractivity contribution in [1.29, 1.82) is 0 Å². The van der Waals surface area contributed by atoms with Crippen molar-refractivity contribution in [2.45, 2.75) is 38.3 Å². The minimum Gasteiger partial charge on any atom is -0.393 e. The summed E-state index contributed by atoms with van der Waals surface area (Å²) in [6.45, 7) is 3.42. The molecule has 1 heterocycles. The summed E-state index contributed by atoms with van der Waals surface area (Å²) >= 11 is 0. The number of para-hydroxylation sites is 1. The average molecular weight is 266 g/mol. The van der Waals surface area contributed by atoms with Crippen LogP contribution in [0.4, 0.5) is 10.1 Å². The van der Waals surface area contributed by atoms with Crippen LogP contribution in [0.2, 0.25) is 0 Å². The third-order valence-corrected chi connectivity index (χ3v) is 3.84. The smallest absolute Gasteiger partial charge is 0.146 e. The minimum absolute atomic E-state index is 0.0439. The van der Waals surface area contributed by atoms with Crippen LogP contribution in [-0.4, -0.2) is 30.3 Å². The van der Waals surface area contributed by atoms with Crippen molar-refractivity contribution < 1.29 is 9.50 Å². The van der Waals surface area contributed by atoms with Gasteiger partial charge in [-0.25, -0.2) is 4.39 Å². The number of anilines is 1. The van der Waals surface area contributed by atoms with Gasteiger partial charge in [0, 0.05) is 19.1 Å². The van der Waals surface area contributed by atoms with Gasteiger partial charge >= 0.3 is 0 Å². The zero-order valence-electron chi connectivity index (χ0n) is 11.4. The van der Waals surface area contributed by atoms with Gasteiger partial charge in [-0.3, -0.25) is 0 Å². The molecule has 3 N–H and O–H groups in total. The monoisotopic (exact) mass is 266 g/mol. The van der Waals surface area contributed by atoms with E-state index in [1.807, 2.05) is 17.9 Å². The van der Waals surface area contributed by atoms with E-state index in [0.717, 1.165) is 25.8 Å². The number of aliphatic hydroxyl groups is 1. The van der Waals surface area contributed by atoms with Crippen LogP contribution in [0.1, 0.15) is 26.2 Å². The summed E-state index contributed by atoms with van der Waals surface area (Å²) in [5.41, 5.74) is 6.69. The first kappa shape index (κ1) is 14.3. The Kier molecular flexibility index (Phi) is 4.77. The molecular weight excluding hydrogens is 243 g/mol. The summed E-state index contributed by atoms with van der Waals surface area (Å²) in [5, 5.41) is 9.77. The molecule has 3 unspecified atom stereocenters. The molecule has 1 fully saturated rings. The fraction of sp³-hybridized carbons (Fsp3) is 0.600. The van der Waals surface area contributed by atoms with Crippen LogP contribution < -0.4 is 10.6 Å². The molecular formula is C15H23FN2O. The van der Waals surface area contributed by atoms with Gasteiger partial charge < -0.3 is 15.7 Å². The SMILES string of the molecule is CCC(O)CC1CC(N)CN(c2ccccc2F)C1. The van der Waals surface area contributed by atoms with E-state index >= 15 is 0 Å². The van der Waals surface area contributed by atoms with E-state index in [9.17, 15) is 9.50 Å². The summed E-state index contributed by atoms with van der Waals surface area (Å²) in [6, 6.07) is 6.85. The Hall–Kier alpha value is -1.13. The number of benzene rings is 1. The highest BCUT2D eigenvalue weighted by atomic mass is 19.1. The second-order valence-electron chi connectivity index (χ2n) is 5.52. The zero-order chi connectivity index (χ0) is 13.8. The van der Waals surface area contributed by atoms with Crippen molar-refractivity contribution in [3.63, 3.8) is 0 Å². The van der Waals surface area contributed by atoms with Gasteiger partial charge in [0.1, 0.15) is 5.82 Å². The van der Waals surface area contributed by atoms with Crippen molar-refractivity contribution in [2.75, 3.05) is 18.0 Å². The van der Waals surface area contributed by atoms with Gasteiger partial charge in [0.15, 0.2) is 0 Å². The Balaban J connectivity index is 2.07. The normalized spacial score (nSPS) is 25.4. The van der Waals surface area contributed by atoms with E-state index in [2.05, 4.69) is 0 Å². The predicted octanol–water partition coefficient (Wildman–Crippen LogP) is 2.14. The number of hydrogen-bond acceptors (Lipinski definition) is 3. The summed E-state index contributed by atoms with van der Waals surface area (Å²) in [6.07, 6.45) is 2.13. The number of hydrogen-bond donors (Lipinski definition) is 2. The van der Waals surface area contributed by atoms with E-state index in [-0.39, 0.29) is 18.0 Å². The minimum atomic E-state index is -0.280. The Morgan fingerprint density at radius 1 is 1.42 bits per heavy atom. The highest BCUT2D eigenvalue weighted by Gasteiger charge is 2.27. The molecule has 1 aromatic rings. The number of halogens is 1. The number of nitrogens with two attached hydrogens (primary N) is 1. The third kappa shape index (κ3) is 3.67.